The molecule has 0 bridgehead atoms. The lowest BCUT2D eigenvalue weighted by Gasteiger charge is -2.18. The summed E-state index contributed by atoms with van der Waals surface area (Å²) in [5.41, 5.74) is 2.23. The maximum atomic E-state index is 13.7. The molecule has 1 atom stereocenters. The Kier molecular flexibility index (Phi) is 7.44. The molecule has 1 amide bonds. The van der Waals surface area contributed by atoms with Crippen LogP contribution in [0.25, 0.3) is 0 Å². The first kappa shape index (κ1) is 22.5. The number of anilines is 2. The van der Waals surface area contributed by atoms with E-state index in [1.165, 1.54) is 18.2 Å². The van der Waals surface area contributed by atoms with Gasteiger partial charge in [0.05, 0.1) is 23.7 Å². The minimum Gasteiger partial charge on any atom is -0.495 e. The van der Waals surface area contributed by atoms with Gasteiger partial charge in [-0.15, -0.1) is 0 Å². The molecule has 3 N–H and O–H groups in total. The number of rotatable bonds is 6. The Bertz CT molecular complexity index is 1090. The lowest BCUT2D eigenvalue weighted by atomic mass is 10.1. The van der Waals surface area contributed by atoms with E-state index < -0.39 is 11.7 Å². The van der Waals surface area contributed by atoms with Crippen LogP contribution < -0.4 is 20.7 Å². The molecule has 0 aliphatic carbocycles. The van der Waals surface area contributed by atoms with E-state index in [1.807, 2.05) is 19.1 Å². The molecule has 3 aromatic carbocycles. The van der Waals surface area contributed by atoms with Crippen LogP contribution in [0.1, 0.15) is 28.9 Å². The van der Waals surface area contributed by atoms with Crippen molar-refractivity contribution in [2.24, 2.45) is 0 Å². The van der Waals surface area contributed by atoms with Crippen molar-refractivity contribution in [3.05, 3.63) is 88.7 Å². The minimum atomic E-state index is -0.568. The Morgan fingerprint density at radius 2 is 1.68 bits per heavy atom. The summed E-state index contributed by atoms with van der Waals surface area (Å²) in [5, 5.41) is 9.92. The van der Waals surface area contributed by atoms with Crippen LogP contribution >= 0.6 is 23.8 Å². The van der Waals surface area contributed by atoms with Crippen molar-refractivity contribution in [1.82, 2.24) is 5.32 Å². The summed E-state index contributed by atoms with van der Waals surface area (Å²) in [6.45, 7) is 1.97. The molecule has 1 unspecified atom stereocenters. The second-order valence-electron chi connectivity index (χ2n) is 6.73. The van der Waals surface area contributed by atoms with E-state index in [1.54, 1.807) is 43.5 Å². The summed E-state index contributed by atoms with van der Waals surface area (Å²) < 4.78 is 18.9. The summed E-state index contributed by atoms with van der Waals surface area (Å²) in [7, 11) is 1.57. The van der Waals surface area contributed by atoms with Gasteiger partial charge in [-0.05, 0) is 73.2 Å². The van der Waals surface area contributed by atoms with Gasteiger partial charge in [-0.25, -0.2) is 4.39 Å². The lowest BCUT2D eigenvalue weighted by molar-refractivity contribution is 0.102. The van der Waals surface area contributed by atoms with E-state index in [-0.39, 0.29) is 11.6 Å². The summed E-state index contributed by atoms with van der Waals surface area (Å²) in [6.07, 6.45) is 0. The van der Waals surface area contributed by atoms with Crippen molar-refractivity contribution < 1.29 is 13.9 Å². The Morgan fingerprint density at radius 1 is 1.03 bits per heavy atom. The zero-order valence-electron chi connectivity index (χ0n) is 16.9. The van der Waals surface area contributed by atoms with Crippen molar-refractivity contribution in [3.63, 3.8) is 0 Å². The highest BCUT2D eigenvalue weighted by atomic mass is 35.5. The SMILES string of the molecule is COc1ccc(C(C)NC(=S)Nc2ccc(NC(=O)c3ccccc3F)cc2)cc1Cl. The first-order valence-corrected chi connectivity index (χ1v) is 10.2. The third-order valence-electron chi connectivity index (χ3n) is 4.54. The average Bonchev–Trinajstić information content (AvgIpc) is 2.75. The van der Waals surface area contributed by atoms with Crippen molar-refractivity contribution in [2.75, 3.05) is 17.7 Å². The number of ether oxygens (including phenoxy) is 1. The molecule has 5 nitrogen and oxygen atoms in total. The average molecular weight is 458 g/mol. The Labute approximate surface area is 190 Å². The Morgan fingerprint density at radius 3 is 2.29 bits per heavy atom. The third-order valence-corrected chi connectivity index (χ3v) is 5.06. The number of carbonyl (C=O) groups is 1. The van der Waals surface area contributed by atoms with Gasteiger partial charge in [0.2, 0.25) is 0 Å². The molecule has 0 heterocycles. The fourth-order valence-corrected chi connectivity index (χ4v) is 3.44. The van der Waals surface area contributed by atoms with Crippen molar-refractivity contribution >= 4 is 46.2 Å². The van der Waals surface area contributed by atoms with Crippen molar-refractivity contribution in [2.45, 2.75) is 13.0 Å². The molecular weight excluding hydrogens is 437 g/mol. The smallest absolute Gasteiger partial charge is 0.258 e. The summed E-state index contributed by atoms with van der Waals surface area (Å²) in [5.74, 6) is -0.467. The molecule has 0 saturated heterocycles. The molecule has 0 aliphatic rings. The molecule has 8 heteroatoms. The molecule has 0 aromatic heterocycles. The molecular formula is C23H21ClFN3O2S. The van der Waals surface area contributed by atoms with Crippen LogP contribution in [0.15, 0.2) is 66.7 Å². The van der Waals surface area contributed by atoms with Gasteiger partial charge >= 0.3 is 0 Å². The van der Waals surface area contributed by atoms with Gasteiger partial charge in [-0.1, -0.05) is 29.8 Å². The van der Waals surface area contributed by atoms with Crippen LogP contribution in [-0.4, -0.2) is 18.1 Å². The summed E-state index contributed by atoms with van der Waals surface area (Å²) in [6, 6.07) is 18.2. The van der Waals surface area contributed by atoms with Crippen molar-refractivity contribution in [3.8, 4) is 5.75 Å². The number of hydrogen-bond donors (Lipinski definition) is 3. The highest BCUT2D eigenvalue weighted by Gasteiger charge is 2.12. The molecule has 160 valence electrons. The van der Waals surface area contributed by atoms with Gasteiger partial charge < -0.3 is 20.7 Å². The Hall–Kier alpha value is -3.16. The predicted molar refractivity (Wildman–Crippen MR) is 127 cm³/mol. The summed E-state index contributed by atoms with van der Waals surface area (Å²) in [4.78, 5) is 12.2. The van der Waals surface area contributed by atoms with Gasteiger partial charge in [0.25, 0.3) is 5.91 Å². The molecule has 3 aromatic rings. The first-order valence-electron chi connectivity index (χ1n) is 9.44. The van der Waals surface area contributed by atoms with E-state index >= 15 is 0 Å². The number of thiocarbonyl (C=S) groups is 1. The topological polar surface area (TPSA) is 62.4 Å². The molecule has 0 radical (unpaired) electrons. The van der Waals surface area contributed by atoms with E-state index in [0.717, 1.165) is 11.3 Å². The number of carbonyl (C=O) groups excluding carboxylic acids is 1. The number of nitrogens with one attached hydrogen (secondary N) is 3. The standard InChI is InChI=1S/C23H21ClFN3O2S/c1-14(15-7-12-21(30-2)19(24)13-15)26-23(31)28-17-10-8-16(9-11-17)27-22(29)18-5-3-4-6-20(18)25/h3-14H,1-2H3,(H,27,29)(H2,26,28,31). The number of benzene rings is 3. The molecule has 0 aliphatic heterocycles. The van der Waals surface area contributed by atoms with Crippen LogP contribution in [0.4, 0.5) is 15.8 Å². The molecule has 3 rings (SSSR count). The fraction of sp³-hybridized carbons (Fsp3) is 0.130. The van der Waals surface area contributed by atoms with Gasteiger partial charge in [-0.3, -0.25) is 4.79 Å². The predicted octanol–water partition coefficient (Wildman–Crippen LogP) is 5.79. The van der Waals surface area contributed by atoms with Crippen molar-refractivity contribution in [1.29, 1.82) is 0 Å². The second-order valence-corrected chi connectivity index (χ2v) is 7.54. The van der Waals surface area contributed by atoms with E-state index in [2.05, 4.69) is 16.0 Å². The molecule has 0 spiro atoms. The van der Waals surface area contributed by atoms with Gasteiger partial charge in [0.15, 0.2) is 5.11 Å². The third kappa shape index (κ3) is 5.93. The van der Waals surface area contributed by atoms with Crippen LogP contribution in [0.5, 0.6) is 5.75 Å². The van der Waals surface area contributed by atoms with Crippen LogP contribution in [0.2, 0.25) is 5.02 Å². The maximum Gasteiger partial charge on any atom is 0.258 e. The Balaban J connectivity index is 1.56. The number of hydrogen-bond acceptors (Lipinski definition) is 3. The number of amides is 1. The molecule has 0 saturated carbocycles. The quantitative estimate of drug-likeness (QED) is 0.409. The highest BCUT2D eigenvalue weighted by Crippen LogP contribution is 2.27. The van der Waals surface area contributed by atoms with Crippen LogP contribution in [0.3, 0.4) is 0 Å². The van der Waals surface area contributed by atoms with Gasteiger partial charge in [0, 0.05) is 11.4 Å². The molecule has 0 fully saturated rings. The fourth-order valence-electron chi connectivity index (χ4n) is 2.88. The first-order chi connectivity index (χ1) is 14.9. The largest absolute Gasteiger partial charge is 0.495 e. The highest BCUT2D eigenvalue weighted by molar-refractivity contribution is 7.80. The van der Waals surface area contributed by atoms with E-state index in [0.29, 0.717) is 21.6 Å². The van der Waals surface area contributed by atoms with Crippen LogP contribution in [-0.2, 0) is 0 Å². The maximum absolute atomic E-state index is 13.7. The second kappa shape index (κ2) is 10.2. The molecule has 31 heavy (non-hydrogen) atoms. The van der Waals surface area contributed by atoms with E-state index in [9.17, 15) is 9.18 Å². The van der Waals surface area contributed by atoms with Crippen LogP contribution in [0, 0.1) is 5.82 Å². The zero-order chi connectivity index (χ0) is 22.4. The lowest BCUT2D eigenvalue weighted by Crippen LogP contribution is -2.30. The summed E-state index contributed by atoms with van der Waals surface area (Å²) >= 11 is 11.6. The number of methoxy groups -OCH3 is 1. The number of halogens is 2. The monoisotopic (exact) mass is 457 g/mol. The van der Waals surface area contributed by atoms with Gasteiger partial charge in [-0.2, -0.15) is 0 Å². The van der Waals surface area contributed by atoms with E-state index in [4.69, 9.17) is 28.6 Å². The van der Waals surface area contributed by atoms with Gasteiger partial charge in [0.1, 0.15) is 11.6 Å². The normalized spacial score (nSPS) is 11.4. The zero-order valence-corrected chi connectivity index (χ0v) is 18.5. The minimum absolute atomic E-state index is 0.0114.